The number of halogens is 2. The van der Waals surface area contributed by atoms with Gasteiger partial charge in [0.05, 0.1) is 28.4 Å². The highest BCUT2D eigenvalue weighted by atomic mass is 35.5. The molecular formula is C36H28Cl2N6O5. The molecule has 0 aliphatic carbocycles. The largest absolute Gasteiger partial charge is 0.347 e. The van der Waals surface area contributed by atoms with Gasteiger partial charge in [0.2, 0.25) is 11.7 Å². The van der Waals surface area contributed by atoms with Gasteiger partial charge < -0.3 is 10.2 Å². The lowest BCUT2D eigenvalue weighted by molar-refractivity contribution is -0.125. The number of hydrogen-bond acceptors (Lipinski definition) is 7. The van der Waals surface area contributed by atoms with Gasteiger partial charge in [-0.1, -0.05) is 77.8 Å². The number of carbonyl (C=O) groups is 5. The Balaban J connectivity index is 1.37. The summed E-state index contributed by atoms with van der Waals surface area (Å²) < 4.78 is 1.28. The summed E-state index contributed by atoms with van der Waals surface area (Å²) in [5, 5.41) is 7.71. The molecule has 1 aromatic heterocycles. The quantitative estimate of drug-likeness (QED) is 0.160. The number of nitrogens with one attached hydrogen (secondary N) is 1. The van der Waals surface area contributed by atoms with E-state index in [1.165, 1.54) is 29.7 Å². The summed E-state index contributed by atoms with van der Waals surface area (Å²) in [6.45, 7) is -0.288. The van der Waals surface area contributed by atoms with Crippen LogP contribution >= 0.6 is 23.2 Å². The number of hydrogen-bond donors (Lipinski definition) is 1. The Morgan fingerprint density at radius 3 is 2.10 bits per heavy atom. The molecule has 0 saturated carbocycles. The maximum atomic E-state index is 14.0. The summed E-state index contributed by atoms with van der Waals surface area (Å²) in [7, 11) is 3.07. The first-order chi connectivity index (χ1) is 23.5. The van der Waals surface area contributed by atoms with E-state index in [1.807, 2.05) is 6.07 Å². The van der Waals surface area contributed by atoms with E-state index in [1.54, 1.807) is 84.9 Å². The average Bonchev–Trinajstić information content (AvgIpc) is 3.64. The number of benzene rings is 4. The number of carbonyl (C=O) groups excluding carboxylic acids is 5. The second kappa shape index (κ2) is 13.8. The van der Waals surface area contributed by atoms with Gasteiger partial charge in [-0.3, -0.25) is 28.9 Å². The molecule has 1 N–H and O–H groups in total. The molecule has 4 aromatic carbocycles. The van der Waals surface area contributed by atoms with Crippen molar-refractivity contribution >= 4 is 52.6 Å². The van der Waals surface area contributed by atoms with Gasteiger partial charge in [-0.2, -0.15) is 0 Å². The van der Waals surface area contributed by atoms with Crippen molar-refractivity contribution in [3.63, 3.8) is 0 Å². The minimum Gasteiger partial charge on any atom is -0.347 e. The van der Waals surface area contributed by atoms with E-state index in [-0.39, 0.29) is 62.6 Å². The monoisotopic (exact) mass is 694 g/mol. The fourth-order valence-corrected chi connectivity index (χ4v) is 5.91. The van der Waals surface area contributed by atoms with Crippen LogP contribution in [0.4, 0.5) is 0 Å². The van der Waals surface area contributed by atoms with Gasteiger partial charge in [-0.15, -0.1) is 5.10 Å². The molecule has 0 unspecified atom stereocenters. The van der Waals surface area contributed by atoms with Gasteiger partial charge in [0.1, 0.15) is 6.04 Å². The van der Waals surface area contributed by atoms with Crippen LogP contribution in [0.25, 0.3) is 5.69 Å². The van der Waals surface area contributed by atoms with Gasteiger partial charge in [-0.05, 0) is 48.0 Å². The van der Waals surface area contributed by atoms with Crippen LogP contribution in [-0.2, 0) is 17.8 Å². The first-order valence-corrected chi connectivity index (χ1v) is 15.9. The smallest absolute Gasteiger partial charge is 0.293 e. The number of fused-ring (bicyclic) bond motifs is 1. The van der Waals surface area contributed by atoms with E-state index in [2.05, 4.69) is 15.4 Å². The first kappa shape index (κ1) is 33.3. The predicted octanol–water partition coefficient (Wildman–Crippen LogP) is 5.03. The van der Waals surface area contributed by atoms with Crippen molar-refractivity contribution in [3.8, 4) is 5.69 Å². The van der Waals surface area contributed by atoms with Crippen LogP contribution in [0.3, 0.4) is 0 Å². The molecule has 4 amide bonds. The van der Waals surface area contributed by atoms with E-state index in [0.717, 1.165) is 10.5 Å². The number of nitrogens with zero attached hydrogens (tertiary/aromatic N) is 5. The Bertz CT molecular complexity index is 2100. The Morgan fingerprint density at radius 2 is 1.45 bits per heavy atom. The van der Waals surface area contributed by atoms with E-state index in [4.69, 9.17) is 23.2 Å². The molecule has 11 nitrogen and oxygen atoms in total. The van der Waals surface area contributed by atoms with E-state index in [9.17, 15) is 24.0 Å². The zero-order valence-corrected chi connectivity index (χ0v) is 27.8. The second-order valence-corrected chi connectivity index (χ2v) is 12.2. The third kappa shape index (κ3) is 6.58. The highest BCUT2D eigenvalue weighted by molar-refractivity contribution is 6.35. The van der Waals surface area contributed by atoms with Gasteiger partial charge in [0, 0.05) is 36.7 Å². The zero-order valence-electron chi connectivity index (χ0n) is 26.3. The number of amides is 4. The van der Waals surface area contributed by atoms with Crippen LogP contribution in [0.15, 0.2) is 97.1 Å². The second-order valence-electron chi connectivity index (χ2n) is 11.4. The lowest BCUT2D eigenvalue weighted by Gasteiger charge is -2.25. The highest BCUT2D eigenvalue weighted by Crippen LogP contribution is 2.28. The molecule has 1 aliphatic rings. The van der Waals surface area contributed by atoms with Crippen molar-refractivity contribution in [1.82, 2.24) is 29.9 Å². The summed E-state index contributed by atoms with van der Waals surface area (Å²) in [6.07, 6.45) is 0.0445. The lowest BCUT2D eigenvalue weighted by Crippen LogP contribution is -2.50. The zero-order chi connectivity index (χ0) is 34.8. The van der Waals surface area contributed by atoms with E-state index < -0.39 is 35.5 Å². The van der Waals surface area contributed by atoms with Crippen LogP contribution in [0.2, 0.25) is 10.0 Å². The van der Waals surface area contributed by atoms with Crippen molar-refractivity contribution in [2.45, 2.75) is 19.0 Å². The number of imide groups is 1. The highest BCUT2D eigenvalue weighted by Gasteiger charge is 2.42. The van der Waals surface area contributed by atoms with Crippen molar-refractivity contribution in [2.75, 3.05) is 14.1 Å². The van der Waals surface area contributed by atoms with Gasteiger partial charge in [0.15, 0.2) is 11.6 Å². The molecule has 5 aromatic rings. The molecule has 246 valence electrons. The van der Waals surface area contributed by atoms with Crippen LogP contribution in [0, 0.1) is 0 Å². The molecular weight excluding hydrogens is 667 g/mol. The maximum absolute atomic E-state index is 14.0. The van der Waals surface area contributed by atoms with Gasteiger partial charge >= 0.3 is 0 Å². The molecule has 49 heavy (non-hydrogen) atoms. The first-order valence-electron chi connectivity index (χ1n) is 15.1. The topological polar surface area (TPSA) is 135 Å². The normalized spacial score (nSPS) is 12.9. The minimum atomic E-state index is -1.22. The minimum absolute atomic E-state index is 0.0445. The Labute approximate surface area is 291 Å². The van der Waals surface area contributed by atoms with Gasteiger partial charge in [-0.25, -0.2) is 9.67 Å². The summed E-state index contributed by atoms with van der Waals surface area (Å²) in [6, 6.07) is 25.3. The molecule has 6 rings (SSSR count). The SMILES string of the molecule is CN(C)C(=O)c1nc(CNC(=O)[C@H](Cc2ccccc2)N2C(=O)c3ccccc3C2=O)n(-c2ccc(Cl)cc2C(=O)c2ccccc2Cl)n1. The third-order valence-corrected chi connectivity index (χ3v) is 8.52. The average molecular weight is 696 g/mol. The third-order valence-electron chi connectivity index (χ3n) is 7.95. The number of rotatable bonds is 10. The lowest BCUT2D eigenvalue weighted by atomic mass is 10.0. The molecule has 1 atom stereocenters. The molecule has 0 fully saturated rings. The van der Waals surface area contributed by atoms with Crippen LogP contribution < -0.4 is 5.32 Å². The van der Waals surface area contributed by atoms with E-state index >= 15 is 0 Å². The fraction of sp³-hybridized carbons (Fsp3) is 0.139. The van der Waals surface area contributed by atoms with Crippen LogP contribution in [-0.4, -0.2) is 74.1 Å². The summed E-state index contributed by atoms with van der Waals surface area (Å²) >= 11 is 12.7. The number of ketones is 1. The number of aromatic nitrogens is 3. The molecule has 0 spiro atoms. The molecule has 2 heterocycles. The van der Waals surface area contributed by atoms with E-state index in [0.29, 0.717) is 0 Å². The van der Waals surface area contributed by atoms with Gasteiger partial charge in [0.25, 0.3) is 17.7 Å². The van der Waals surface area contributed by atoms with Crippen LogP contribution in [0.1, 0.15) is 58.6 Å². The predicted molar refractivity (Wildman–Crippen MR) is 182 cm³/mol. The fourth-order valence-electron chi connectivity index (χ4n) is 5.52. The Hall–Kier alpha value is -5.65. The molecule has 1 aliphatic heterocycles. The van der Waals surface area contributed by atoms with Crippen molar-refractivity contribution < 1.29 is 24.0 Å². The Kier molecular flexibility index (Phi) is 9.39. The molecule has 13 heteroatoms. The molecule has 0 bridgehead atoms. The molecule has 0 radical (unpaired) electrons. The summed E-state index contributed by atoms with van der Waals surface area (Å²) in [5.74, 6) is -2.88. The Morgan fingerprint density at radius 1 is 0.816 bits per heavy atom. The molecule has 0 saturated heterocycles. The standard InChI is InChI=1S/C36H28Cl2N6O5/c1-42(2)36(49)32-40-30(44(41-32)28-17-16-22(37)19-26(28)31(45)25-14-8-9-15-27(25)38)20-39-33(46)29(18-21-10-4-3-5-11-21)43-34(47)23-12-6-7-13-24(23)35(43)48/h3-17,19,29H,18,20H2,1-2H3,(H,39,46)/t29-/m0/s1. The maximum Gasteiger partial charge on any atom is 0.293 e. The van der Waals surface area contributed by atoms with Crippen molar-refractivity contribution in [3.05, 3.63) is 147 Å². The summed E-state index contributed by atoms with van der Waals surface area (Å²) in [4.78, 5) is 74.4. The van der Waals surface area contributed by atoms with Crippen molar-refractivity contribution in [1.29, 1.82) is 0 Å². The van der Waals surface area contributed by atoms with Crippen molar-refractivity contribution in [2.24, 2.45) is 0 Å². The van der Waals surface area contributed by atoms with Crippen LogP contribution in [0.5, 0.6) is 0 Å². The summed E-state index contributed by atoms with van der Waals surface area (Å²) in [5.41, 5.74) is 1.72.